The van der Waals surface area contributed by atoms with Crippen molar-refractivity contribution in [3.05, 3.63) is 64.2 Å². The molecule has 2 amide bonds. The minimum atomic E-state index is -0.524. The van der Waals surface area contributed by atoms with Crippen molar-refractivity contribution in [2.75, 3.05) is 46.7 Å². The highest BCUT2D eigenvalue weighted by molar-refractivity contribution is 5.89. The van der Waals surface area contributed by atoms with E-state index in [1.165, 1.54) is 31.3 Å². The van der Waals surface area contributed by atoms with Crippen molar-refractivity contribution >= 4 is 22.6 Å². The van der Waals surface area contributed by atoms with Crippen LogP contribution in [0.3, 0.4) is 0 Å². The van der Waals surface area contributed by atoms with Gasteiger partial charge in [0.2, 0.25) is 0 Å². The van der Waals surface area contributed by atoms with Crippen molar-refractivity contribution in [2.24, 2.45) is 0 Å². The number of benzene rings is 2. The molecule has 0 aliphatic carbocycles. The highest BCUT2D eigenvalue weighted by Gasteiger charge is 2.18. The van der Waals surface area contributed by atoms with Crippen LogP contribution in [0.4, 0.5) is 14.9 Å². The number of para-hydroxylation sites is 1. The molecule has 33 heavy (non-hydrogen) atoms. The van der Waals surface area contributed by atoms with Crippen molar-refractivity contribution in [3.63, 3.8) is 0 Å². The van der Waals surface area contributed by atoms with Gasteiger partial charge in [-0.25, -0.2) is 9.18 Å². The van der Waals surface area contributed by atoms with E-state index in [4.69, 9.17) is 9.47 Å². The number of carbonyl (C=O) groups excluding carboxylic acids is 1. The van der Waals surface area contributed by atoms with Crippen LogP contribution in [0.15, 0.2) is 47.3 Å². The topological polar surface area (TPSA) is 86.9 Å². The maximum absolute atomic E-state index is 14.1. The zero-order valence-electron chi connectivity index (χ0n) is 19.3. The lowest BCUT2D eigenvalue weighted by Crippen LogP contribution is -2.38. The Bertz CT molecular complexity index is 1180. The van der Waals surface area contributed by atoms with E-state index in [1.54, 1.807) is 30.3 Å². The summed E-state index contributed by atoms with van der Waals surface area (Å²) in [4.78, 5) is 32.1. The Morgan fingerprint density at radius 2 is 1.76 bits per heavy atom. The maximum Gasteiger partial charge on any atom is 0.322 e. The molecular weight excluding hydrogens is 427 g/mol. The quantitative estimate of drug-likeness (QED) is 0.513. The lowest BCUT2D eigenvalue weighted by Gasteiger charge is -2.24. The molecule has 0 unspecified atom stereocenters. The minimum Gasteiger partial charge on any atom is -0.493 e. The Labute approximate surface area is 191 Å². The van der Waals surface area contributed by atoms with Crippen LogP contribution >= 0.6 is 0 Å². The van der Waals surface area contributed by atoms with E-state index >= 15 is 0 Å². The van der Waals surface area contributed by atoms with Gasteiger partial charge in [0.25, 0.3) is 5.56 Å². The number of methoxy groups -OCH3 is 2. The van der Waals surface area contributed by atoms with E-state index in [1.807, 2.05) is 19.0 Å². The van der Waals surface area contributed by atoms with Gasteiger partial charge in [-0.15, -0.1) is 0 Å². The van der Waals surface area contributed by atoms with Crippen LogP contribution in [0, 0.1) is 5.82 Å². The SMILES string of the molecule is COc1cc2cc(CN(CCCN(C)C)C(=O)Nc3ccccc3F)c(=O)[nH]c2cc1OC. The third-order valence-corrected chi connectivity index (χ3v) is 5.22. The minimum absolute atomic E-state index is 0.0628. The molecule has 176 valence electrons. The van der Waals surface area contributed by atoms with E-state index in [-0.39, 0.29) is 17.8 Å². The fourth-order valence-electron chi connectivity index (χ4n) is 3.49. The number of H-pyrrole nitrogens is 1. The summed E-state index contributed by atoms with van der Waals surface area (Å²) in [6.07, 6.45) is 0.689. The van der Waals surface area contributed by atoms with E-state index < -0.39 is 11.8 Å². The summed E-state index contributed by atoms with van der Waals surface area (Å²) in [7, 11) is 6.95. The van der Waals surface area contributed by atoms with Crippen LogP contribution in [0.25, 0.3) is 10.9 Å². The number of carbonyl (C=O) groups is 1. The summed E-state index contributed by atoms with van der Waals surface area (Å²) < 4.78 is 24.7. The van der Waals surface area contributed by atoms with Crippen molar-refractivity contribution in [2.45, 2.75) is 13.0 Å². The summed E-state index contributed by atoms with van der Waals surface area (Å²) in [5.41, 5.74) is 0.773. The Balaban J connectivity index is 1.90. The number of nitrogens with one attached hydrogen (secondary N) is 2. The monoisotopic (exact) mass is 456 g/mol. The lowest BCUT2D eigenvalue weighted by atomic mass is 10.1. The van der Waals surface area contributed by atoms with Gasteiger partial charge in [-0.1, -0.05) is 12.1 Å². The Morgan fingerprint density at radius 1 is 1.06 bits per heavy atom. The summed E-state index contributed by atoms with van der Waals surface area (Å²) in [5.74, 6) is 0.509. The van der Waals surface area contributed by atoms with Gasteiger partial charge in [0, 0.05) is 23.6 Å². The van der Waals surface area contributed by atoms with Crippen molar-refractivity contribution in [3.8, 4) is 11.5 Å². The van der Waals surface area contributed by atoms with Gasteiger partial charge in [0.05, 0.1) is 32.0 Å². The van der Waals surface area contributed by atoms with Crippen LogP contribution < -0.4 is 20.3 Å². The van der Waals surface area contributed by atoms with Crippen LogP contribution in [-0.2, 0) is 6.54 Å². The lowest BCUT2D eigenvalue weighted by molar-refractivity contribution is 0.205. The van der Waals surface area contributed by atoms with Gasteiger partial charge < -0.3 is 29.6 Å². The molecule has 3 aromatic rings. The molecule has 0 aliphatic rings. The number of hydrogen-bond donors (Lipinski definition) is 2. The molecule has 3 rings (SSSR count). The van der Waals surface area contributed by atoms with E-state index in [9.17, 15) is 14.0 Å². The molecule has 0 spiro atoms. The van der Waals surface area contributed by atoms with E-state index in [2.05, 4.69) is 10.3 Å². The number of aromatic nitrogens is 1. The molecule has 1 aromatic heterocycles. The Kier molecular flexibility index (Phi) is 7.89. The number of anilines is 1. The van der Waals surface area contributed by atoms with E-state index in [0.29, 0.717) is 35.5 Å². The smallest absolute Gasteiger partial charge is 0.322 e. The molecule has 0 saturated heterocycles. The Hall–Kier alpha value is -3.59. The standard InChI is InChI=1S/C24H29FN4O4/c1-28(2)10-7-11-29(24(31)27-19-9-6-5-8-18(19)25)15-17-12-16-13-21(32-3)22(33-4)14-20(16)26-23(17)30/h5-6,8-9,12-14H,7,10-11,15H2,1-4H3,(H,26,30)(H,27,31). The predicted octanol–water partition coefficient (Wildman–Crippen LogP) is 3.67. The fourth-order valence-corrected chi connectivity index (χ4v) is 3.49. The molecular formula is C24H29FN4O4. The fraction of sp³-hybridized carbons (Fsp3) is 0.333. The number of halogens is 1. The average Bonchev–Trinajstić information content (AvgIpc) is 2.79. The van der Waals surface area contributed by atoms with Crippen LogP contribution in [0.2, 0.25) is 0 Å². The number of aromatic amines is 1. The summed E-state index contributed by atoms with van der Waals surface area (Å²) >= 11 is 0. The molecule has 0 fully saturated rings. The van der Waals surface area contributed by atoms with Crippen molar-refractivity contribution < 1.29 is 18.7 Å². The molecule has 8 nitrogen and oxygen atoms in total. The van der Waals surface area contributed by atoms with Gasteiger partial charge in [0.1, 0.15) is 5.82 Å². The first-order valence-electron chi connectivity index (χ1n) is 10.6. The summed E-state index contributed by atoms with van der Waals surface area (Å²) in [6, 6.07) is 10.7. The van der Waals surface area contributed by atoms with Gasteiger partial charge in [0.15, 0.2) is 11.5 Å². The normalized spacial score (nSPS) is 11.0. The van der Waals surface area contributed by atoms with E-state index in [0.717, 1.165) is 11.9 Å². The zero-order valence-corrected chi connectivity index (χ0v) is 19.3. The van der Waals surface area contributed by atoms with Gasteiger partial charge in [-0.05, 0) is 51.3 Å². The second kappa shape index (κ2) is 10.8. The number of rotatable bonds is 9. The second-order valence-electron chi connectivity index (χ2n) is 7.91. The van der Waals surface area contributed by atoms with Crippen LogP contribution in [0.5, 0.6) is 11.5 Å². The number of fused-ring (bicyclic) bond motifs is 1. The van der Waals surface area contributed by atoms with Crippen molar-refractivity contribution in [1.29, 1.82) is 0 Å². The largest absolute Gasteiger partial charge is 0.493 e. The molecule has 0 bridgehead atoms. The molecule has 2 N–H and O–H groups in total. The molecule has 0 saturated carbocycles. The molecule has 0 atom stereocenters. The highest BCUT2D eigenvalue weighted by Crippen LogP contribution is 2.31. The van der Waals surface area contributed by atoms with Gasteiger partial charge >= 0.3 is 6.03 Å². The van der Waals surface area contributed by atoms with Gasteiger partial charge in [-0.2, -0.15) is 0 Å². The molecule has 0 aliphatic heterocycles. The number of hydrogen-bond acceptors (Lipinski definition) is 5. The van der Waals surface area contributed by atoms with Gasteiger partial charge in [-0.3, -0.25) is 4.79 Å². The van der Waals surface area contributed by atoms with Crippen LogP contribution in [0.1, 0.15) is 12.0 Å². The zero-order chi connectivity index (χ0) is 24.0. The number of nitrogens with zero attached hydrogens (tertiary/aromatic N) is 2. The highest BCUT2D eigenvalue weighted by atomic mass is 19.1. The molecule has 2 aromatic carbocycles. The second-order valence-corrected chi connectivity index (χ2v) is 7.91. The maximum atomic E-state index is 14.1. The third-order valence-electron chi connectivity index (χ3n) is 5.22. The molecule has 1 heterocycles. The number of urea groups is 1. The molecule has 9 heteroatoms. The third kappa shape index (κ3) is 6.01. The predicted molar refractivity (Wildman–Crippen MR) is 127 cm³/mol. The molecule has 0 radical (unpaired) electrons. The number of amides is 2. The summed E-state index contributed by atoms with van der Waals surface area (Å²) in [5, 5.41) is 3.35. The first kappa shape index (κ1) is 24.1. The first-order chi connectivity index (χ1) is 15.8. The number of ether oxygens (including phenoxy) is 2. The average molecular weight is 457 g/mol. The first-order valence-corrected chi connectivity index (χ1v) is 10.6. The van der Waals surface area contributed by atoms with Crippen molar-refractivity contribution in [1.82, 2.24) is 14.8 Å². The van der Waals surface area contributed by atoms with Crippen LogP contribution in [-0.4, -0.2) is 62.2 Å². The Morgan fingerprint density at radius 3 is 2.42 bits per heavy atom. The summed E-state index contributed by atoms with van der Waals surface area (Å²) in [6.45, 7) is 1.21. The number of pyridine rings is 1.